The van der Waals surface area contributed by atoms with Crippen LogP contribution in [0.25, 0.3) is 0 Å². The van der Waals surface area contributed by atoms with Crippen molar-refractivity contribution in [2.24, 2.45) is 0 Å². The Kier molecular flexibility index (Phi) is 9.14. The molecule has 0 spiro atoms. The first-order valence-electron chi connectivity index (χ1n) is 9.38. The molecule has 0 aliphatic rings. The highest BCUT2D eigenvalue weighted by Crippen LogP contribution is 2.22. The van der Waals surface area contributed by atoms with Gasteiger partial charge in [0.25, 0.3) is 0 Å². The molecule has 2 amide bonds. The van der Waals surface area contributed by atoms with Gasteiger partial charge in [-0.2, -0.15) is 4.90 Å². The van der Waals surface area contributed by atoms with Gasteiger partial charge < -0.3 is 19.0 Å². The van der Waals surface area contributed by atoms with Crippen molar-refractivity contribution in [1.82, 2.24) is 4.90 Å². The van der Waals surface area contributed by atoms with Crippen molar-refractivity contribution < 1.29 is 33.4 Å². The first-order chi connectivity index (χ1) is 12.5. The summed E-state index contributed by atoms with van der Waals surface area (Å²) in [5, 5.41) is 0. The monoisotopic (exact) mass is 401 g/mol. The third kappa shape index (κ3) is 10.9. The summed E-state index contributed by atoms with van der Waals surface area (Å²) >= 11 is 0. The van der Waals surface area contributed by atoms with Crippen LogP contribution in [0.1, 0.15) is 81.6 Å². The van der Waals surface area contributed by atoms with Crippen molar-refractivity contribution in [1.29, 1.82) is 0 Å². The quantitative estimate of drug-likeness (QED) is 0.284. The summed E-state index contributed by atoms with van der Waals surface area (Å²) in [5.74, 6) is -0.768. The largest absolute Gasteiger partial charge is 0.458 e. The summed E-state index contributed by atoms with van der Waals surface area (Å²) in [6, 6.07) is -1.27. The molecule has 162 valence electrons. The van der Waals surface area contributed by atoms with Gasteiger partial charge in [-0.3, -0.25) is 0 Å². The maximum atomic E-state index is 12.8. The number of hydrogen-bond acceptors (Lipinski definition) is 7. The van der Waals surface area contributed by atoms with Crippen LogP contribution in [-0.2, 0) is 23.8 Å². The molecule has 0 aliphatic carbocycles. The van der Waals surface area contributed by atoms with E-state index < -0.39 is 41.0 Å². The minimum atomic E-state index is -1.27. The highest BCUT2D eigenvalue weighted by Gasteiger charge is 2.41. The first kappa shape index (κ1) is 25.9. The predicted octanol–water partition coefficient (Wildman–Crippen LogP) is 4.24. The normalized spacial score (nSPS) is 13.3. The second kappa shape index (κ2) is 9.89. The van der Waals surface area contributed by atoms with E-state index in [1.54, 1.807) is 62.3 Å². The third-order valence-electron chi connectivity index (χ3n) is 2.97. The smallest absolute Gasteiger partial charge is 0.420 e. The number of aldehydes is 1. The predicted molar refractivity (Wildman–Crippen MR) is 104 cm³/mol. The van der Waals surface area contributed by atoms with Crippen LogP contribution in [0.2, 0.25) is 0 Å². The molecule has 1 unspecified atom stereocenters. The lowest BCUT2D eigenvalue weighted by atomic mass is 10.1. The maximum absolute atomic E-state index is 12.8. The van der Waals surface area contributed by atoms with Crippen LogP contribution < -0.4 is 0 Å². The molecule has 0 radical (unpaired) electrons. The van der Waals surface area contributed by atoms with Gasteiger partial charge >= 0.3 is 18.2 Å². The van der Waals surface area contributed by atoms with Gasteiger partial charge in [0.1, 0.15) is 29.1 Å². The molecule has 8 heteroatoms. The van der Waals surface area contributed by atoms with E-state index in [1.807, 2.05) is 0 Å². The number of hydrogen-bond donors (Lipinski definition) is 0. The van der Waals surface area contributed by atoms with Crippen molar-refractivity contribution in [3.63, 3.8) is 0 Å². The molecular formula is C20H35NO7. The fourth-order valence-electron chi connectivity index (χ4n) is 2.07. The van der Waals surface area contributed by atoms with Crippen LogP contribution in [0.5, 0.6) is 0 Å². The molecule has 0 saturated carbocycles. The van der Waals surface area contributed by atoms with E-state index >= 15 is 0 Å². The van der Waals surface area contributed by atoms with E-state index in [0.717, 1.165) is 0 Å². The summed E-state index contributed by atoms with van der Waals surface area (Å²) in [7, 11) is 0. The molecule has 1 atom stereocenters. The molecule has 0 aromatic heterocycles. The molecule has 0 saturated heterocycles. The fraction of sp³-hybridized carbons (Fsp3) is 0.800. The zero-order chi connectivity index (χ0) is 22.3. The zero-order valence-corrected chi connectivity index (χ0v) is 18.6. The molecule has 0 N–H and O–H groups in total. The zero-order valence-electron chi connectivity index (χ0n) is 18.6. The number of ether oxygens (including phenoxy) is 3. The number of rotatable bonds is 6. The Labute approximate surface area is 167 Å². The van der Waals surface area contributed by atoms with Crippen LogP contribution in [0.4, 0.5) is 9.59 Å². The fourth-order valence-corrected chi connectivity index (χ4v) is 2.07. The summed E-state index contributed by atoms with van der Waals surface area (Å²) in [5.41, 5.74) is -2.61. The van der Waals surface area contributed by atoms with Gasteiger partial charge in [-0.25, -0.2) is 14.4 Å². The minimum Gasteiger partial charge on any atom is -0.458 e. The second-order valence-corrected chi connectivity index (χ2v) is 9.48. The number of nitrogens with zero attached hydrogens (tertiary/aromatic N) is 1. The van der Waals surface area contributed by atoms with Crippen molar-refractivity contribution >= 4 is 24.4 Å². The number of amides is 2. The molecular weight excluding hydrogens is 366 g/mol. The first-order valence-corrected chi connectivity index (χ1v) is 9.38. The minimum absolute atomic E-state index is 0.0478. The average molecular weight is 402 g/mol. The van der Waals surface area contributed by atoms with Gasteiger partial charge in [-0.1, -0.05) is 0 Å². The van der Waals surface area contributed by atoms with E-state index in [-0.39, 0.29) is 19.3 Å². The Balaban J connectivity index is 5.95. The number of unbranched alkanes of at least 4 members (excludes halogenated alkanes) is 1. The van der Waals surface area contributed by atoms with E-state index in [1.165, 1.54) is 0 Å². The molecule has 0 bridgehead atoms. The maximum Gasteiger partial charge on any atom is 0.420 e. The molecule has 0 heterocycles. The van der Waals surface area contributed by atoms with Gasteiger partial charge in [0.15, 0.2) is 0 Å². The topological polar surface area (TPSA) is 99.2 Å². The number of carbonyl (C=O) groups excluding carboxylic acids is 4. The highest BCUT2D eigenvalue weighted by atomic mass is 16.6. The second-order valence-electron chi connectivity index (χ2n) is 9.48. The Morgan fingerprint density at radius 1 is 0.786 bits per heavy atom. The van der Waals surface area contributed by atoms with Crippen LogP contribution >= 0.6 is 0 Å². The Morgan fingerprint density at radius 3 is 1.50 bits per heavy atom. The van der Waals surface area contributed by atoms with Crippen molar-refractivity contribution in [3.8, 4) is 0 Å². The molecule has 0 aliphatic heterocycles. The lowest BCUT2D eigenvalue weighted by molar-refractivity contribution is -0.161. The van der Waals surface area contributed by atoms with Gasteiger partial charge in [0.05, 0.1) is 0 Å². The lowest BCUT2D eigenvalue weighted by Gasteiger charge is -2.33. The van der Waals surface area contributed by atoms with E-state index in [9.17, 15) is 19.2 Å². The SMILES string of the molecule is CC(C)(C)OC(=O)C(CCCC=O)N(C(=O)OC(C)(C)C)C(=O)OC(C)(C)C. The summed E-state index contributed by atoms with van der Waals surface area (Å²) in [6.07, 6.45) is -0.804. The Morgan fingerprint density at radius 2 is 1.18 bits per heavy atom. The molecule has 28 heavy (non-hydrogen) atoms. The van der Waals surface area contributed by atoms with E-state index in [0.29, 0.717) is 11.2 Å². The summed E-state index contributed by atoms with van der Waals surface area (Å²) in [6.45, 7) is 14.9. The molecule has 0 aromatic carbocycles. The van der Waals surface area contributed by atoms with Gasteiger partial charge in [-0.05, 0) is 75.2 Å². The third-order valence-corrected chi connectivity index (χ3v) is 2.97. The van der Waals surface area contributed by atoms with Crippen molar-refractivity contribution in [2.75, 3.05) is 0 Å². The molecule has 8 nitrogen and oxygen atoms in total. The Bertz CT molecular complexity index is 537. The van der Waals surface area contributed by atoms with Crippen LogP contribution in [0.15, 0.2) is 0 Å². The number of imide groups is 1. The van der Waals surface area contributed by atoms with Crippen LogP contribution in [0, 0.1) is 0 Å². The molecule has 0 fully saturated rings. The molecule has 0 aromatic rings. The summed E-state index contributed by atoms with van der Waals surface area (Å²) in [4.78, 5) is 49.6. The highest BCUT2D eigenvalue weighted by molar-refractivity contribution is 5.94. The van der Waals surface area contributed by atoms with Gasteiger partial charge in [0.2, 0.25) is 0 Å². The molecule has 0 rings (SSSR count). The van der Waals surface area contributed by atoms with Crippen molar-refractivity contribution in [2.45, 2.75) is 104 Å². The lowest BCUT2D eigenvalue weighted by Crippen LogP contribution is -2.53. The number of carbonyl (C=O) groups is 4. The van der Waals surface area contributed by atoms with Gasteiger partial charge in [-0.15, -0.1) is 0 Å². The Hall–Kier alpha value is -2.12. The summed E-state index contributed by atoms with van der Waals surface area (Å²) < 4.78 is 16.0. The van der Waals surface area contributed by atoms with E-state index in [2.05, 4.69) is 0 Å². The number of esters is 1. The average Bonchev–Trinajstić information content (AvgIpc) is 2.40. The van der Waals surface area contributed by atoms with Crippen LogP contribution in [0.3, 0.4) is 0 Å². The van der Waals surface area contributed by atoms with Crippen LogP contribution in [-0.4, -0.2) is 52.2 Å². The van der Waals surface area contributed by atoms with Crippen molar-refractivity contribution in [3.05, 3.63) is 0 Å². The van der Waals surface area contributed by atoms with E-state index in [4.69, 9.17) is 14.2 Å². The van der Waals surface area contributed by atoms with Gasteiger partial charge in [0, 0.05) is 6.42 Å². The standard InChI is InChI=1S/C20H35NO7/c1-18(2,3)26-15(23)14(12-10-11-13-22)21(16(24)27-19(4,5)6)17(25)28-20(7,8)9/h13-14H,10-12H2,1-9H3.